The maximum Gasteiger partial charge on any atom is 0.129 e. The molecule has 0 radical (unpaired) electrons. The highest BCUT2D eigenvalue weighted by molar-refractivity contribution is 4.90. The molecule has 3 heteroatoms. The summed E-state index contributed by atoms with van der Waals surface area (Å²) in [6.07, 6.45) is 4.20. The molecule has 54 valence electrons. The van der Waals surface area contributed by atoms with Gasteiger partial charge in [-0.05, 0) is 13.0 Å². The van der Waals surface area contributed by atoms with Crippen LogP contribution in [0.25, 0.3) is 0 Å². The SMILES string of the molecule is CC(N)Cc1ncccn1. The second-order valence-corrected chi connectivity index (χ2v) is 2.35. The zero-order valence-corrected chi connectivity index (χ0v) is 5.99. The van der Waals surface area contributed by atoms with E-state index in [2.05, 4.69) is 9.97 Å². The number of hydrogen-bond acceptors (Lipinski definition) is 3. The largest absolute Gasteiger partial charge is 0.328 e. The Bertz CT molecular complexity index is 183. The molecule has 10 heavy (non-hydrogen) atoms. The van der Waals surface area contributed by atoms with E-state index in [4.69, 9.17) is 5.73 Å². The Morgan fingerprint density at radius 3 is 2.60 bits per heavy atom. The molecule has 0 saturated carbocycles. The smallest absolute Gasteiger partial charge is 0.129 e. The van der Waals surface area contributed by atoms with Gasteiger partial charge >= 0.3 is 0 Å². The Kier molecular flexibility index (Phi) is 2.34. The summed E-state index contributed by atoms with van der Waals surface area (Å²) < 4.78 is 0. The van der Waals surface area contributed by atoms with E-state index in [0.29, 0.717) is 0 Å². The highest BCUT2D eigenvalue weighted by Crippen LogP contribution is 1.91. The van der Waals surface area contributed by atoms with Gasteiger partial charge in [-0.15, -0.1) is 0 Å². The van der Waals surface area contributed by atoms with E-state index in [1.54, 1.807) is 18.5 Å². The van der Waals surface area contributed by atoms with Crippen LogP contribution < -0.4 is 5.73 Å². The molecule has 0 aliphatic heterocycles. The molecule has 3 nitrogen and oxygen atoms in total. The van der Waals surface area contributed by atoms with E-state index in [-0.39, 0.29) is 6.04 Å². The van der Waals surface area contributed by atoms with Crippen molar-refractivity contribution in [1.82, 2.24) is 9.97 Å². The molecule has 0 amide bonds. The third kappa shape index (κ3) is 2.11. The summed E-state index contributed by atoms with van der Waals surface area (Å²) >= 11 is 0. The third-order valence-electron chi connectivity index (χ3n) is 1.12. The maximum absolute atomic E-state index is 5.54. The Morgan fingerprint density at radius 1 is 1.50 bits per heavy atom. The maximum atomic E-state index is 5.54. The molecular formula is C7H11N3. The summed E-state index contributed by atoms with van der Waals surface area (Å²) in [7, 11) is 0. The van der Waals surface area contributed by atoms with Gasteiger partial charge in [-0.25, -0.2) is 9.97 Å². The molecule has 0 aromatic carbocycles. The number of aromatic nitrogens is 2. The molecule has 1 heterocycles. The van der Waals surface area contributed by atoms with Crippen LogP contribution in [0.2, 0.25) is 0 Å². The van der Waals surface area contributed by atoms with E-state index >= 15 is 0 Å². The van der Waals surface area contributed by atoms with Crippen molar-refractivity contribution < 1.29 is 0 Å². The van der Waals surface area contributed by atoms with Crippen molar-refractivity contribution >= 4 is 0 Å². The Labute approximate surface area is 60.3 Å². The van der Waals surface area contributed by atoms with E-state index in [1.807, 2.05) is 6.92 Å². The molecule has 1 unspecified atom stereocenters. The van der Waals surface area contributed by atoms with Gasteiger partial charge in [0, 0.05) is 24.9 Å². The van der Waals surface area contributed by atoms with Crippen molar-refractivity contribution in [2.45, 2.75) is 19.4 Å². The lowest BCUT2D eigenvalue weighted by molar-refractivity contribution is 0.701. The molecule has 1 aromatic rings. The number of rotatable bonds is 2. The van der Waals surface area contributed by atoms with Gasteiger partial charge in [-0.3, -0.25) is 0 Å². The van der Waals surface area contributed by atoms with Crippen LogP contribution >= 0.6 is 0 Å². The van der Waals surface area contributed by atoms with Crippen LogP contribution in [0.5, 0.6) is 0 Å². The monoisotopic (exact) mass is 137 g/mol. The Morgan fingerprint density at radius 2 is 2.10 bits per heavy atom. The fourth-order valence-electron chi connectivity index (χ4n) is 0.723. The lowest BCUT2D eigenvalue weighted by Gasteiger charge is -2.00. The molecule has 0 spiro atoms. The van der Waals surface area contributed by atoms with E-state index in [0.717, 1.165) is 12.2 Å². The molecule has 0 aliphatic rings. The topological polar surface area (TPSA) is 51.8 Å². The summed E-state index contributed by atoms with van der Waals surface area (Å²) in [6.45, 7) is 1.94. The molecule has 0 saturated heterocycles. The molecule has 1 atom stereocenters. The zero-order chi connectivity index (χ0) is 7.40. The van der Waals surface area contributed by atoms with Crippen LogP contribution in [0.3, 0.4) is 0 Å². The fraction of sp³-hybridized carbons (Fsp3) is 0.429. The van der Waals surface area contributed by atoms with Gasteiger partial charge in [0.05, 0.1) is 0 Å². The second kappa shape index (κ2) is 3.27. The van der Waals surface area contributed by atoms with Crippen LogP contribution in [-0.2, 0) is 6.42 Å². The van der Waals surface area contributed by atoms with Crippen molar-refractivity contribution in [1.29, 1.82) is 0 Å². The number of nitrogens with two attached hydrogens (primary N) is 1. The van der Waals surface area contributed by atoms with Gasteiger partial charge < -0.3 is 5.73 Å². The number of hydrogen-bond donors (Lipinski definition) is 1. The van der Waals surface area contributed by atoms with Gasteiger partial charge in [-0.1, -0.05) is 0 Å². The Hall–Kier alpha value is -0.960. The van der Waals surface area contributed by atoms with Crippen LogP contribution in [0.15, 0.2) is 18.5 Å². The highest BCUT2D eigenvalue weighted by atomic mass is 14.9. The summed E-state index contributed by atoms with van der Waals surface area (Å²) in [5.41, 5.74) is 5.54. The highest BCUT2D eigenvalue weighted by Gasteiger charge is 1.97. The standard InChI is InChI=1S/C7H11N3/c1-6(8)5-7-9-3-2-4-10-7/h2-4,6H,5,8H2,1H3. The van der Waals surface area contributed by atoms with Gasteiger partial charge in [0.1, 0.15) is 5.82 Å². The van der Waals surface area contributed by atoms with Gasteiger partial charge in [0.2, 0.25) is 0 Å². The average Bonchev–Trinajstić information content (AvgIpc) is 1.88. The minimum atomic E-state index is 0.141. The minimum absolute atomic E-state index is 0.141. The van der Waals surface area contributed by atoms with Gasteiger partial charge in [0.15, 0.2) is 0 Å². The molecule has 0 bridgehead atoms. The molecule has 1 rings (SSSR count). The van der Waals surface area contributed by atoms with Crippen molar-refractivity contribution in [3.8, 4) is 0 Å². The predicted molar refractivity (Wildman–Crippen MR) is 39.4 cm³/mol. The van der Waals surface area contributed by atoms with E-state index in [9.17, 15) is 0 Å². The quantitative estimate of drug-likeness (QED) is 0.640. The first-order chi connectivity index (χ1) is 4.79. The lowest BCUT2D eigenvalue weighted by Crippen LogP contribution is -2.19. The molecule has 0 aliphatic carbocycles. The summed E-state index contributed by atoms with van der Waals surface area (Å²) in [4.78, 5) is 8.06. The summed E-state index contributed by atoms with van der Waals surface area (Å²) in [5, 5.41) is 0. The van der Waals surface area contributed by atoms with Crippen LogP contribution in [-0.4, -0.2) is 16.0 Å². The van der Waals surface area contributed by atoms with Crippen molar-refractivity contribution in [2.75, 3.05) is 0 Å². The van der Waals surface area contributed by atoms with Crippen LogP contribution in [0.1, 0.15) is 12.7 Å². The summed E-state index contributed by atoms with van der Waals surface area (Å²) in [6, 6.07) is 1.94. The van der Waals surface area contributed by atoms with Crippen LogP contribution in [0.4, 0.5) is 0 Å². The fourth-order valence-corrected chi connectivity index (χ4v) is 0.723. The minimum Gasteiger partial charge on any atom is -0.328 e. The van der Waals surface area contributed by atoms with Crippen molar-refractivity contribution in [2.24, 2.45) is 5.73 Å². The molecule has 1 aromatic heterocycles. The van der Waals surface area contributed by atoms with E-state index in [1.165, 1.54) is 0 Å². The van der Waals surface area contributed by atoms with Crippen molar-refractivity contribution in [3.05, 3.63) is 24.3 Å². The first-order valence-corrected chi connectivity index (χ1v) is 3.30. The molecular weight excluding hydrogens is 126 g/mol. The molecule has 0 fully saturated rings. The first kappa shape index (κ1) is 7.15. The lowest BCUT2D eigenvalue weighted by atomic mass is 10.2. The van der Waals surface area contributed by atoms with Crippen molar-refractivity contribution in [3.63, 3.8) is 0 Å². The second-order valence-electron chi connectivity index (χ2n) is 2.35. The predicted octanol–water partition coefficient (Wildman–Crippen LogP) is 0.366. The zero-order valence-electron chi connectivity index (χ0n) is 5.99. The Balaban J connectivity index is 2.59. The van der Waals surface area contributed by atoms with E-state index < -0.39 is 0 Å². The first-order valence-electron chi connectivity index (χ1n) is 3.30. The normalized spacial score (nSPS) is 13.0. The van der Waals surface area contributed by atoms with Gasteiger partial charge in [0.25, 0.3) is 0 Å². The molecule has 2 N–H and O–H groups in total. The number of nitrogens with zero attached hydrogens (tertiary/aromatic N) is 2. The van der Waals surface area contributed by atoms with Gasteiger partial charge in [-0.2, -0.15) is 0 Å². The average molecular weight is 137 g/mol. The summed E-state index contributed by atoms with van der Waals surface area (Å²) in [5.74, 6) is 0.817. The third-order valence-corrected chi connectivity index (χ3v) is 1.12. The van der Waals surface area contributed by atoms with Crippen LogP contribution in [0, 0.1) is 0 Å².